The summed E-state index contributed by atoms with van der Waals surface area (Å²) in [6.07, 6.45) is 0. The van der Waals surface area contributed by atoms with E-state index in [9.17, 15) is 14.9 Å². The van der Waals surface area contributed by atoms with Crippen molar-refractivity contribution < 1.29 is 14.5 Å². The standard InChI is InChI=1S/C18H15Cl2N3O4/c1-10(2)9-22-15-7-6-11(23(25)26)8-12(15)17(21-22)27-18(24)16-13(19)4-3-5-14(16)20/h3-8,10H,9H2,1-2H3. The van der Waals surface area contributed by atoms with Gasteiger partial charge in [-0.05, 0) is 24.1 Å². The van der Waals surface area contributed by atoms with Gasteiger partial charge in [0, 0.05) is 18.7 Å². The number of halogens is 2. The Labute approximate surface area is 164 Å². The van der Waals surface area contributed by atoms with E-state index in [1.807, 2.05) is 13.8 Å². The maximum atomic E-state index is 12.6. The van der Waals surface area contributed by atoms with Gasteiger partial charge in [-0.2, -0.15) is 0 Å². The van der Waals surface area contributed by atoms with Gasteiger partial charge in [0.25, 0.3) is 5.69 Å². The molecule has 0 bridgehead atoms. The van der Waals surface area contributed by atoms with Gasteiger partial charge in [-0.3, -0.25) is 14.8 Å². The summed E-state index contributed by atoms with van der Waals surface area (Å²) in [7, 11) is 0. The number of nitro benzene ring substituents is 1. The molecule has 0 aliphatic carbocycles. The molecule has 27 heavy (non-hydrogen) atoms. The molecule has 0 saturated heterocycles. The summed E-state index contributed by atoms with van der Waals surface area (Å²) in [5, 5.41) is 16.1. The second-order valence-electron chi connectivity index (χ2n) is 6.33. The molecule has 3 aromatic rings. The Balaban J connectivity index is 2.08. The molecule has 0 aliphatic rings. The van der Waals surface area contributed by atoms with Crippen molar-refractivity contribution in [2.75, 3.05) is 0 Å². The van der Waals surface area contributed by atoms with Crippen LogP contribution in [0.4, 0.5) is 5.69 Å². The number of hydrogen-bond donors (Lipinski definition) is 0. The maximum Gasteiger partial charge on any atom is 0.347 e. The van der Waals surface area contributed by atoms with Crippen LogP contribution in [0.3, 0.4) is 0 Å². The molecule has 9 heteroatoms. The molecule has 140 valence electrons. The Bertz CT molecular complexity index is 1030. The SMILES string of the molecule is CC(C)Cn1nc(OC(=O)c2c(Cl)cccc2Cl)c2cc([N+](=O)[O-])ccc21. The zero-order valence-corrected chi connectivity index (χ0v) is 16.0. The minimum Gasteiger partial charge on any atom is -0.401 e. The third-order valence-corrected chi connectivity index (χ3v) is 4.44. The van der Waals surface area contributed by atoms with Crippen molar-refractivity contribution in [1.82, 2.24) is 9.78 Å². The van der Waals surface area contributed by atoms with Crippen LogP contribution in [0.2, 0.25) is 10.0 Å². The van der Waals surface area contributed by atoms with Crippen molar-refractivity contribution in [2.45, 2.75) is 20.4 Å². The van der Waals surface area contributed by atoms with Crippen molar-refractivity contribution >= 4 is 45.8 Å². The lowest BCUT2D eigenvalue weighted by molar-refractivity contribution is -0.384. The summed E-state index contributed by atoms with van der Waals surface area (Å²) in [6, 6.07) is 8.95. The molecule has 0 unspecified atom stereocenters. The number of esters is 1. The van der Waals surface area contributed by atoms with Crippen molar-refractivity contribution in [3.8, 4) is 5.88 Å². The molecule has 7 nitrogen and oxygen atoms in total. The van der Waals surface area contributed by atoms with Gasteiger partial charge in [0.15, 0.2) is 0 Å². The van der Waals surface area contributed by atoms with Crippen LogP contribution in [0.5, 0.6) is 5.88 Å². The first-order valence-electron chi connectivity index (χ1n) is 8.09. The number of nitro groups is 1. The van der Waals surface area contributed by atoms with Crippen LogP contribution in [0.1, 0.15) is 24.2 Å². The van der Waals surface area contributed by atoms with E-state index in [2.05, 4.69) is 5.10 Å². The van der Waals surface area contributed by atoms with Crippen LogP contribution >= 0.6 is 23.2 Å². The van der Waals surface area contributed by atoms with Crippen LogP contribution in [0.25, 0.3) is 10.9 Å². The van der Waals surface area contributed by atoms with Gasteiger partial charge in [0.05, 0.1) is 31.4 Å². The largest absolute Gasteiger partial charge is 0.401 e. The summed E-state index contributed by atoms with van der Waals surface area (Å²) < 4.78 is 7.06. The number of carbonyl (C=O) groups is 1. The van der Waals surface area contributed by atoms with E-state index < -0.39 is 10.9 Å². The number of ether oxygens (including phenoxy) is 1. The highest BCUT2D eigenvalue weighted by atomic mass is 35.5. The molecule has 1 aromatic heterocycles. The third-order valence-electron chi connectivity index (χ3n) is 3.81. The van der Waals surface area contributed by atoms with Crippen LogP contribution in [0.15, 0.2) is 36.4 Å². The van der Waals surface area contributed by atoms with Gasteiger partial charge in [0.2, 0.25) is 5.88 Å². The fourth-order valence-electron chi connectivity index (χ4n) is 2.64. The average molecular weight is 408 g/mol. The van der Waals surface area contributed by atoms with E-state index in [1.54, 1.807) is 16.8 Å². The van der Waals surface area contributed by atoms with Crippen molar-refractivity contribution in [2.24, 2.45) is 5.92 Å². The summed E-state index contributed by atoms with van der Waals surface area (Å²) in [5.74, 6) is -0.548. The molecule has 0 radical (unpaired) electrons. The van der Waals surface area contributed by atoms with Gasteiger partial charge >= 0.3 is 5.97 Å². The molecule has 0 saturated carbocycles. The minimum atomic E-state index is -0.784. The minimum absolute atomic E-state index is 0.0119. The Morgan fingerprint density at radius 3 is 2.52 bits per heavy atom. The highest BCUT2D eigenvalue weighted by molar-refractivity contribution is 6.39. The average Bonchev–Trinajstić information content (AvgIpc) is 2.91. The van der Waals surface area contributed by atoms with Crippen molar-refractivity contribution in [3.05, 3.63) is 62.1 Å². The Kier molecular flexibility index (Phi) is 5.34. The normalized spacial score (nSPS) is 11.1. The number of fused-ring (bicyclic) bond motifs is 1. The number of carbonyl (C=O) groups excluding carboxylic acids is 1. The number of nitrogens with zero attached hydrogens (tertiary/aromatic N) is 3. The molecule has 3 rings (SSSR count). The van der Waals surface area contributed by atoms with Crippen LogP contribution in [0, 0.1) is 16.0 Å². The molecule has 0 atom stereocenters. The molecule has 0 fully saturated rings. The number of hydrogen-bond acceptors (Lipinski definition) is 5. The number of non-ortho nitro benzene ring substituents is 1. The topological polar surface area (TPSA) is 87.3 Å². The zero-order valence-electron chi connectivity index (χ0n) is 14.5. The fourth-order valence-corrected chi connectivity index (χ4v) is 3.20. The van der Waals surface area contributed by atoms with Crippen molar-refractivity contribution in [1.29, 1.82) is 0 Å². The van der Waals surface area contributed by atoms with E-state index in [1.165, 1.54) is 24.3 Å². The van der Waals surface area contributed by atoms with Crippen LogP contribution < -0.4 is 4.74 Å². The highest BCUT2D eigenvalue weighted by Gasteiger charge is 2.22. The maximum absolute atomic E-state index is 12.6. The predicted octanol–water partition coefficient (Wildman–Crippen LogP) is 5.13. The Hall–Kier alpha value is -2.64. The van der Waals surface area contributed by atoms with Crippen LogP contribution in [-0.4, -0.2) is 20.7 Å². The summed E-state index contributed by atoms with van der Waals surface area (Å²) in [5.41, 5.74) is 0.514. The monoisotopic (exact) mass is 407 g/mol. The van der Waals surface area contributed by atoms with E-state index in [0.29, 0.717) is 17.4 Å². The van der Waals surface area contributed by atoms with E-state index in [4.69, 9.17) is 27.9 Å². The number of rotatable bonds is 5. The first-order valence-corrected chi connectivity index (χ1v) is 8.84. The van der Waals surface area contributed by atoms with E-state index in [-0.39, 0.29) is 33.1 Å². The molecule has 0 aliphatic heterocycles. The molecule has 2 aromatic carbocycles. The summed E-state index contributed by atoms with van der Waals surface area (Å²) >= 11 is 12.1. The molecule has 0 spiro atoms. The van der Waals surface area contributed by atoms with Gasteiger partial charge in [-0.15, -0.1) is 5.10 Å². The zero-order chi connectivity index (χ0) is 19.7. The van der Waals surface area contributed by atoms with Crippen molar-refractivity contribution in [3.63, 3.8) is 0 Å². The lowest BCUT2D eigenvalue weighted by Crippen LogP contribution is -2.11. The Morgan fingerprint density at radius 2 is 1.93 bits per heavy atom. The molecular formula is C18H15Cl2N3O4. The lowest BCUT2D eigenvalue weighted by atomic mass is 10.2. The smallest absolute Gasteiger partial charge is 0.347 e. The third kappa shape index (κ3) is 3.89. The molecular weight excluding hydrogens is 393 g/mol. The molecule has 0 amide bonds. The lowest BCUT2D eigenvalue weighted by Gasteiger charge is -2.06. The molecule has 0 N–H and O–H groups in total. The van der Waals surface area contributed by atoms with Gasteiger partial charge < -0.3 is 4.74 Å². The quantitative estimate of drug-likeness (QED) is 0.332. The van der Waals surface area contributed by atoms with Gasteiger partial charge in [-0.1, -0.05) is 43.1 Å². The van der Waals surface area contributed by atoms with E-state index in [0.717, 1.165) is 0 Å². The second-order valence-corrected chi connectivity index (χ2v) is 7.14. The van der Waals surface area contributed by atoms with Gasteiger partial charge in [-0.25, -0.2) is 4.79 Å². The second kappa shape index (κ2) is 7.54. The number of aromatic nitrogens is 2. The number of benzene rings is 2. The van der Waals surface area contributed by atoms with Gasteiger partial charge in [0.1, 0.15) is 0 Å². The fraction of sp³-hybridized carbons (Fsp3) is 0.222. The van der Waals surface area contributed by atoms with Crippen LogP contribution in [-0.2, 0) is 6.54 Å². The summed E-state index contributed by atoms with van der Waals surface area (Å²) in [4.78, 5) is 23.2. The molecule has 1 heterocycles. The predicted molar refractivity (Wildman–Crippen MR) is 103 cm³/mol. The first kappa shape index (κ1) is 19.1. The summed E-state index contributed by atoms with van der Waals surface area (Å²) in [6.45, 7) is 4.57. The van der Waals surface area contributed by atoms with E-state index >= 15 is 0 Å². The Morgan fingerprint density at radius 1 is 1.26 bits per heavy atom. The highest BCUT2D eigenvalue weighted by Crippen LogP contribution is 2.31. The first-order chi connectivity index (χ1) is 12.8.